The Bertz CT molecular complexity index is 864. The van der Waals surface area contributed by atoms with Gasteiger partial charge >= 0.3 is 0 Å². The van der Waals surface area contributed by atoms with E-state index in [0.717, 1.165) is 24.4 Å². The highest BCUT2D eigenvalue weighted by Crippen LogP contribution is 2.25. The summed E-state index contributed by atoms with van der Waals surface area (Å²) in [5.41, 5.74) is 4.94. The molecule has 2 N–H and O–H groups in total. The van der Waals surface area contributed by atoms with Gasteiger partial charge in [0.25, 0.3) is 0 Å². The predicted molar refractivity (Wildman–Crippen MR) is 123 cm³/mol. The number of hydrogen-bond donors (Lipinski definition) is 2. The molecule has 3 aromatic rings. The molecule has 0 aliphatic carbocycles. The van der Waals surface area contributed by atoms with Crippen LogP contribution in [-0.2, 0) is 13.0 Å². The Hall–Kier alpha value is -1.86. The number of aryl methyl sites for hydroxylation is 1. The maximum atomic E-state index is 5.63. The Morgan fingerprint density at radius 3 is 2.79 bits per heavy atom. The molecule has 0 spiro atoms. The Balaban J connectivity index is 1.79. The van der Waals surface area contributed by atoms with Crippen molar-refractivity contribution in [2.75, 3.05) is 6.61 Å². The number of benzene rings is 2. The Morgan fingerprint density at radius 2 is 2.07 bits per heavy atom. The van der Waals surface area contributed by atoms with Gasteiger partial charge in [-0.3, -0.25) is 0 Å². The van der Waals surface area contributed by atoms with Gasteiger partial charge in [-0.15, -0.1) is 0 Å². The van der Waals surface area contributed by atoms with Gasteiger partial charge in [-0.1, -0.05) is 37.6 Å². The van der Waals surface area contributed by atoms with Gasteiger partial charge in [-0.25, -0.2) is 4.98 Å². The Morgan fingerprint density at radius 1 is 1.18 bits per heavy atom. The third-order valence-corrected chi connectivity index (χ3v) is 5.76. The molecule has 3 rings (SSSR count). The minimum absolute atomic E-state index is 0.0620. The lowest BCUT2D eigenvalue weighted by Gasteiger charge is -2.19. The SMILES string of the molecule is CCCCc1ccc(C(NCc2cccc(OCC)c2)c2cnc[nH]2)cc1I. The molecule has 1 aromatic heterocycles. The smallest absolute Gasteiger partial charge is 0.119 e. The highest BCUT2D eigenvalue weighted by Gasteiger charge is 2.16. The Labute approximate surface area is 181 Å². The van der Waals surface area contributed by atoms with Gasteiger partial charge in [-0.05, 0) is 77.2 Å². The van der Waals surface area contributed by atoms with E-state index in [1.165, 1.54) is 33.1 Å². The largest absolute Gasteiger partial charge is 0.494 e. The van der Waals surface area contributed by atoms with Gasteiger partial charge in [0.15, 0.2) is 0 Å². The van der Waals surface area contributed by atoms with E-state index < -0.39 is 0 Å². The molecular weight excluding hydrogens is 461 g/mol. The zero-order valence-corrected chi connectivity index (χ0v) is 18.7. The lowest BCUT2D eigenvalue weighted by molar-refractivity contribution is 0.339. The summed E-state index contributed by atoms with van der Waals surface area (Å²) < 4.78 is 6.95. The third-order valence-electron chi connectivity index (χ3n) is 4.76. The van der Waals surface area contributed by atoms with Crippen LogP contribution in [0.15, 0.2) is 55.0 Å². The molecule has 0 fully saturated rings. The van der Waals surface area contributed by atoms with Gasteiger partial charge in [-0.2, -0.15) is 0 Å². The predicted octanol–water partition coefficient (Wildman–Crippen LogP) is 5.63. The van der Waals surface area contributed by atoms with Crippen LogP contribution in [0.5, 0.6) is 5.75 Å². The molecule has 0 aliphatic rings. The molecule has 0 aliphatic heterocycles. The minimum atomic E-state index is 0.0620. The number of aromatic amines is 1. The van der Waals surface area contributed by atoms with Crippen LogP contribution in [0.1, 0.15) is 55.1 Å². The van der Waals surface area contributed by atoms with Crippen molar-refractivity contribution >= 4 is 22.6 Å². The number of aromatic nitrogens is 2. The van der Waals surface area contributed by atoms with E-state index in [2.05, 4.69) is 75.1 Å². The van der Waals surface area contributed by atoms with Crippen LogP contribution in [0.2, 0.25) is 0 Å². The number of nitrogens with zero attached hydrogens (tertiary/aromatic N) is 1. The zero-order valence-electron chi connectivity index (χ0n) is 16.5. The fourth-order valence-corrected chi connectivity index (χ4v) is 4.09. The lowest BCUT2D eigenvalue weighted by atomic mass is 10.00. The average molecular weight is 489 g/mol. The van der Waals surface area contributed by atoms with E-state index in [4.69, 9.17) is 4.74 Å². The van der Waals surface area contributed by atoms with Crippen LogP contribution in [0, 0.1) is 3.57 Å². The monoisotopic (exact) mass is 489 g/mol. The van der Waals surface area contributed by atoms with Crippen molar-refractivity contribution in [1.29, 1.82) is 0 Å². The standard InChI is InChI=1S/C23H28IN3O/c1-3-5-8-18-10-11-19(13-21(18)24)23(22-15-25-16-27-22)26-14-17-7-6-9-20(12-17)28-4-2/h6-7,9-13,15-16,23,26H,3-5,8,14H2,1-2H3,(H,25,27). The van der Waals surface area contributed by atoms with E-state index in [0.29, 0.717) is 6.61 Å². The second-order valence-electron chi connectivity index (χ2n) is 6.86. The summed E-state index contributed by atoms with van der Waals surface area (Å²) in [7, 11) is 0. The van der Waals surface area contributed by atoms with Gasteiger partial charge in [0.1, 0.15) is 5.75 Å². The van der Waals surface area contributed by atoms with Crippen LogP contribution in [0.4, 0.5) is 0 Å². The van der Waals surface area contributed by atoms with Crippen LogP contribution in [0.3, 0.4) is 0 Å². The molecule has 0 radical (unpaired) electrons. The summed E-state index contributed by atoms with van der Waals surface area (Å²) in [5, 5.41) is 3.68. The van der Waals surface area contributed by atoms with Crippen molar-refractivity contribution in [2.24, 2.45) is 0 Å². The summed E-state index contributed by atoms with van der Waals surface area (Å²) in [6.45, 7) is 5.67. The molecule has 2 aromatic carbocycles. The molecule has 1 unspecified atom stereocenters. The zero-order chi connectivity index (χ0) is 19.8. The maximum Gasteiger partial charge on any atom is 0.119 e. The highest BCUT2D eigenvalue weighted by atomic mass is 127. The van der Waals surface area contributed by atoms with E-state index in [1.807, 2.05) is 25.3 Å². The number of nitrogens with one attached hydrogen (secondary N) is 2. The molecular formula is C23H28IN3O. The fourth-order valence-electron chi connectivity index (χ4n) is 3.28. The third kappa shape index (κ3) is 5.58. The normalized spacial score (nSPS) is 12.1. The number of hydrogen-bond acceptors (Lipinski definition) is 3. The maximum absolute atomic E-state index is 5.63. The first-order valence-electron chi connectivity index (χ1n) is 9.93. The molecule has 0 saturated carbocycles. The summed E-state index contributed by atoms with van der Waals surface area (Å²) in [4.78, 5) is 7.50. The molecule has 1 heterocycles. The number of halogens is 1. The van der Waals surface area contributed by atoms with E-state index in [1.54, 1.807) is 6.33 Å². The second kappa shape index (κ2) is 10.6. The quantitative estimate of drug-likeness (QED) is 0.363. The van der Waals surface area contributed by atoms with Crippen LogP contribution in [-0.4, -0.2) is 16.6 Å². The first kappa shape index (κ1) is 20.9. The number of H-pyrrole nitrogens is 1. The molecule has 28 heavy (non-hydrogen) atoms. The molecule has 0 saturated heterocycles. The number of unbranched alkanes of at least 4 members (excludes halogenated alkanes) is 1. The summed E-state index contributed by atoms with van der Waals surface area (Å²) >= 11 is 2.46. The van der Waals surface area contributed by atoms with Gasteiger partial charge in [0.05, 0.1) is 24.7 Å². The molecule has 148 valence electrons. The van der Waals surface area contributed by atoms with Crippen molar-refractivity contribution in [3.63, 3.8) is 0 Å². The van der Waals surface area contributed by atoms with Crippen LogP contribution < -0.4 is 10.1 Å². The van der Waals surface area contributed by atoms with Crippen molar-refractivity contribution in [1.82, 2.24) is 15.3 Å². The fraction of sp³-hybridized carbons (Fsp3) is 0.348. The van der Waals surface area contributed by atoms with Crippen LogP contribution >= 0.6 is 22.6 Å². The molecule has 0 amide bonds. The lowest BCUT2D eigenvalue weighted by Crippen LogP contribution is -2.22. The van der Waals surface area contributed by atoms with Gasteiger partial charge in [0.2, 0.25) is 0 Å². The van der Waals surface area contributed by atoms with E-state index >= 15 is 0 Å². The number of rotatable bonds is 10. The van der Waals surface area contributed by atoms with Gasteiger partial charge < -0.3 is 15.0 Å². The van der Waals surface area contributed by atoms with E-state index in [-0.39, 0.29) is 6.04 Å². The van der Waals surface area contributed by atoms with Crippen molar-refractivity contribution in [3.05, 3.63) is 80.9 Å². The first-order chi connectivity index (χ1) is 13.7. The van der Waals surface area contributed by atoms with Crippen molar-refractivity contribution < 1.29 is 4.74 Å². The average Bonchev–Trinajstić information content (AvgIpc) is 3.23. The van der Waals surface area contributed by atoms with Crippen molar-refractivity contribution in [2.45, 2.75) is 45.7 Å². The minimum Gasteiger partial charge on any atom is -0.494 e. The van der Waals surface area contributed by atoms with E-state index in [9.17, 15) is 0 Å². The molecule has 4 nitrogen and oxygen atoms in total. The topological polar surface area (TPSA) is 49.9 Å². The summed E-state index contributed by atoms with van der Waals surface area (Å²) in [6, 6.07) is 15.1. The number of ether oxygens (including phenoxy) is 1. The van der Waals surface area contributed by atoms with Gasteiger partial charge in [0, 0.05) is 16.3 Å². The summed E-state index contributed by atoms with van der Waals surface area (Å²) in [6.07, 6.45) is 7.22. The van der Waals surface area contributed by atoms with Crippen LogP contribution in [0.25, 0.3) is 0 Å². The van der Waals surface area contributed by atoms with Crippen molar-refractivity contribution in [3.8, 4) is 5.75 Å². The Kier molecular flexibility index (Phi) is 7.91. The molecule has 1 atom stereocenters. The highest BCUT2D eigenvalue weighted by molar-refractivity contribution is 14.1. The first-order valence-corrected chi connectivity index (χ1v) is 11.0. The molecule has 0 bridgehead atoms. The summed E-state index contributed by atoms with van der Waals surface area (Å²) in [5.74, 6) is 0.912. The second-order valence-corrected chi connectivity index (χ2v) is 8.02. The molecule has 5 heteroatoms. The number of imidazole rings is 1.